The first-order valence-electron chi connectivity index (χ1n) is 5.75. The van der Waals surface area contributed by atoms with Crippen molar-refractivity contribution in [3.8, 4) is 0 Å². The molecule has 18 heavy (non-hydrogen) atoms. The third-order valence-electron chi connectivity index (χ3n) is 2.56. The predicted molar refractivity (Wildman–Crippen MR) is 70.5 cm³/mol. The molecule has 0 aliphatic carbocycles. The largest absolute Gasteiger partial charge is 0.355 e. The highest BCUT2D eigenvalue weighted by atomic mass is 19.1. The minimum absolute atomic E-state index is 0.0534. The Morgan fingerprint density at radius 1 is 1.17 bits per heavy atom. The zero-order valence-corrected chi connectivity index (χ0v) is 10.1. The number of Topliss-reactive ketones (excluding diaryl/α,β-unsaturated/α-hetero) is 1. The van der Waals surface area contributed by atoms with Crippen molar-refractivity contribution < 1.29 is 9.18 Å². The Balaban J connectivity index is 2.30. The maximum atomic E-state index is 13.3. The lowest BCUT2D eigenvalue weighted by Crippen LogP contribution is -2.02. The molecule has 0 fully saturated rings. The molecule has 0 spiro atoms. The SMILES string of the molecule is CC(=O)Cc1ccc(F)cc1Nc1ccccc1. The van der Waals surface area contributed by atoms with Crippen LogP contribution in [0.25, 0.3) is 0 Å². The van der Waals surface area contributed by atoms with E-state index in [9.17, 15) is 9.18 Å². The van der Waals surface area contributed by atoms with E-state index in [0.29, 0.717) is 12.1 Å². The van der Waals surface area contributed by atoms with Crippen LogP contribution in [0.2, 0.25) is 0 Å². The van der Waals surface area contributed by atoms with Crippen LogP contribution in [0, 0.1) is 5.82 Å². The molecule has 0 atom stereocenters. The Labute approximate surface area is 105 Å². The maximum Gasteiger partial charge on any atom is 0.134 e. The smallest absolute Gasteiger partial charge is 0.134 e. The van der Waals surface area contributed by atoms with E-state index in [-0.39, 0.29) is 11.6 Å². The number of anilines is 2. The fraction of sp³-hybridized carbons (Fsp3) is 0.133. The van der Waals surface area contributed by atoms with E-state index < -0.39 is 0 Å². The van der Waals surface area contributed by atoms with Gasteiger partial charge >= 0.3 is 0 Å². The summed E-state index contributed by atoms with van der Waals surface area (Å²) < 4.78 is 13.3. The third-order valence-corrected chi connectivity index (χ3v) is 2.56. The number of benzene rings is 2. The summed E-state index contributed by atoms with van der Waals surface area (Å²) in [6.07, 6.45) is 0.301. The molecule has 0 saturated heterocycles. The molecule has 0 saturated carbocycles. The average Bonchev–Trinajstić information content (AvgIpc) is 2.33. The summed E-state index contributed by atoms with van der Waals surface area (Å²) in [6.45, 7) is 1.52. The van der Waals surface area contributed by atoms with Crippen LogP contribution in [0.15, 0.2) is 48.5 Å². The number of rotatable bonds is 4. The van der Waals surface area contributed by atoms with Crippen molar-refractivity contribution in [1.82, 2.24) is 0 Å². The Morgan fingerprint density at radius 2 is 1.89 bits per heavy atom. The van der Waals surface area contributed by atoms with Crippen LogP contribution in [-0.4, -0.2) is 5.78 Å². The van der Waals surface area contributed by atoms with Crippen LogP contribution >= 0.6 is 0 Å². The van der Waals surface area contributed by atoms with Crippen molar-refractivity contribution in [2.75, 3.05) is 5.32 Å². The molecule has 2 nitrogen and oxygen atoms in total. The molecule has 92 valence electrons. The molecule has 2 aromatic carbocycles. The second-order valence-electron chi connectivity index (χ2n) is 4.17. The van der Waals surface area contributed by atoms with Gasteiger partial charge in [-0.05, 0) is 36.8 Å². The summed E-state index contributed by atoms with van der Waals surface area (Å²) in [6, 6.07) is 13.9. The van der Waals surface area contributed by atoms with Gasteiger partial charge in [-0.3, -0.25) is 4.79 Å². The molecule has 2 aromatic rings. The molecule has 3 heteroatoms. The minimum Gasteiger partial charge on any atom is -0.355 e. The number of carbonyl (C=O) groups is 1. The van der Waals surface area contributed by atoms with Gasteiger partial charge in [0, 0.05) is 17.8 Å². The van der Waals surface area contributed by atoms with Gasteiger partial charge in [-0.15, -0.1) is 0 Å². The van der Waals surface area contributed by atoms with Crippen molar-refractivity contribution >= 4 is 17.2 Å². The van der Waals surface area contributed by atoms with Gasteiger partial charge in [0.25, 0.3) is 0 Å². The second kappa shape index (κ2) is 5.45. The van der Waals surface area contributed by atoms with E-state index in [0.717, 1.165) is 11.3 Å². The number of ketones is 1. The number of para-hydroxylation sites is 1. The van der Waals surface area contributed by atoms with E-state index in [4.69, 9.17) is 0 Å². The average molecular weight is 243 g/mol. The Bertz CT molecular complexity index is 552. The van der Waals surface area contributed by atoms with Crippen molar-refractivity contribution in [3.05, 3.63) is 59.9 Å². The van der Waals surface area contributed by atoms with Crippen molar-refractivity contribution in [2.45, 2.75) is 13.3 Å². The first-order valence-corrected chi connectivity index (χ1v) is 5.75. The summed E-state index contributed by atoms with van der Waals surface area (Å²) in [5.41, 5.74) is 2.30. The Hall–Kier alpha value is -2.16. The molecule has 0 amide bonds. The van der Waals surface area contributed by atoms with Crippen LogP contribution in [0.3, 0.4) is 0 Å². The van der Waals surface area contributed by atoms with Crippen LogP contribution in [0.5, 0.6) is 0 Å². The lowest BCUT2D eigenvalue weighted by Gasteiger charge is -2.11. The Morgan fingerprint density at radius 3 is 2.56 bits per heavy atom. The molecule has 0 bridgehead atoms. The molecule has 1 N–H and O–H groups in total. The molecule has 0 unspecified atom stereocenters. The lowest BCUT2D eigenvalue weighted by molar-refractivity contribution is -0.116. The third kappa shape index (κ3) is 3.17. The van der Waals surface area contributed by atoms with Crippen LogP contribution in [0.1, 0.15) is 12.5 Å². The number of halogens is 1. The molecule has 0 aromatic heterocycles. The summed E-state index contributed by atoms with van der Waals surface area (Å²) in [4.78, 5) is 11.2. The highest BCUT2D eigenvalue weighted by Crippen LogP contribution is 2.22. The molecular formula is C15H14FNO. The second-order valence-corrected chi connectivity index (χ2v) is 4.17. The molecule has 0 heterocycles. The summed E-state index contributed by atoms with van der Waals surface area (Å²) in [5, 5.41) is 3.13. The fourth-order valence-electron chi connectivity index (χ4n) is 1.76. The van der Waals surface area contributed by atoms with Gasteiger partial charge in [-0.1, -0.05) is 24.3 Å². The van der Waals surface area contributed by atoms with E-state index in [1.54, 1.807) is 6.07 Å². The van der Waals surface area contributed by atoms with Gasteiger partial charge < -0.3 is 5.32 Å². The van der Waals surface area contributed by atoms with E-state index in [1.807, 2.05) is 30.3 Å². The Kier molecular flexibility index (Phi) is 3.72. The van der Waals surface area contributed by atoms with Gasteiger partial charge in [0.1, 0.15) is 11.6 Å². The molecule has 0 radical (unpaired) electrons. The molecule has 0 aliphatic rings. The van der Waals surface area contributed by atoms with Gasteiger partial charge in [-0.25, -0.2) is 4.39 Å². The summed E-state index contributed by atoms with van der Waals surface area (Å²) in [5.74, 6) is -0.265. The van der Waals surface area contributed by atoms with Crippen molar-refractivity contribution in [2.24, 2.45) is 0 Å². The zero-order valence-electron chi connectivity index (χ0n) is 10.1. The normalized spacial score (nSPS) is 10.1. The quantitative estimate of drug-likeness (QED) is 0.887. The van der Waals surface area contributed by atoms with Crippen LogP contribution in [-0.2, 0) is 11.2 Å². The topological polar surface area (TPSA) is 29.1 Å². The summed E-state index contributed by atoms with van der Waals surface area (Å²) >= 11 is 0. The van der Waals surface area contributed by atoms with E-state index >= 15 is 0 Å². The predicted octanol–water partition coefficient (Wildman–Crippen LogP) is 3.70. The van der Waals surface area contributed by atoms with E-state index in [1.165, 1.54) is 19.1 Å². The fourth-order valence-corrected chi connectivity index (χ4v) is 1.76. The molecule has 2 rings (SSSR count). The van der Waals surface area contributed by atoms with Crippen molar-refractivity contribution in [3.63, 3.8) is 0 Å². The molecular weight excluding hydrogens is 229 g/mol. The highest BCUT2D eigenvalue weighted by molar-refractivity contribution is 5.80. The van der Waals surface area contributed by atoms with Crippen LogP contribution < -0.4 is 5.32 Å². The number of hydrogen-bond acceptors (Lipinski definition) is 2. The number of carbonyl (C=O) groups excluding carboxylic acids is 1. The van der Waals surface area contributed by atoms with Gasteiger partial charge in [0.2, 0.25) is 0 Å². The number of hydrogen-bond donors (Lipinski definition) is 1. The van der Waals surface area contributed by atoms with E-state index in [2.05, 4.69) is 5.32 Å². The molecule has 0 aliphatic heterocycles. The van der Waals surface area contributed by atoms with Crippen LogP contribution in [0.4, 0.5) is 15.8 Å². The summed E-state index contributed by atoms with van der Waals surface area (Å²) in [7, 11) is 0. The van der Waals surface area contributed by atoms with Gasteiger partial charge in [0.05, 0.1) is 0 Å². The highest BCUT2D eigenvalue weighted by Gasteiger charge is 2.06. The lowest BCUT2D eigenvalue weighted by atomic mass is 10.1. The first-order chi connectivity index (χ1) is 8.65. The van der Waals surface area contributed by atoms with Gasteiger partial charge in [0.15, 0.2) is 0 Å². The zero-order chi connectivity index (χ0) is 13.0. The van der Waals surface area contributed by atoms with Crippen molar-refractivity contribution in [1.29, 1.82) is 0 Å². The maximum absolute atomic E-state index is 13.3. The number of nitrogens with one attached hydrogen (secondary N) is 1. The first kappa shape index (κ1) is 12.3. The monoisotopic (exact) mass is 243 g/mol. The van der Waals surface area contributed by atoms with Gasteiger partial charge in [-0.2, -0.15) is 0 Å². The minimum atomic E-state index is -0.319. The standard InChI is InChI=1S/C15H14FNO/c1-11(18)9-12-7-8-13(16)10-15(12)17-14-5-3-2-4-6-14/h2-8,10,17H,9H2,1H3.